The minimum absolute atomic E-state index is 0. The summed E-state index contributed by atoms with van der Waals surface area (Å²) in [5.41, 5.74) is 0.171. The van der Waals surface area contributed by atoms with Crippen molar-refractivity contribution in [3.63, 3.8) is 0 Å². The molecule has 0 aromatic heterocycles. The number of hydrogen-bond donors (Lipinski definition) is 3. The molecule has 0 saturated carbocycles. The van der Waals surface area contributed by atoms with Crippen LogP contribution in [0.3, 0.4) is 0 Å². The first kappa shape index (κ1) is 49.0. The molecule has 2 aromatic carbocycles. The summed E-state index contributed by atoms with van der Waals surface area (Å²) in [5.74, 6) is -5.36. The predicted octanol–water partition coefficient (Wildman–Crippen LogP) is -3.09. The van der Waals surface area contributed by atoms with Gasteiger partial charge in [0, 0.05) is 95.7 Å². The second-order valence-corrected chi connectivity index (χ2v) is 14.4. The molecule has 1 aliphatic rings. The van der Waals surface area contributed by atoms with Gasteiger partial charge >= 0.3 is 25.8 Å². The summed E-state index contributed by atoms with van der Waals surface area (Å²) in [6.07, 6.45) is 0.945. The number of rotatable bonds is 19. The molecule has 2 aromatic rings. The van der Waals surface area contributed by atoms with Crippen molar-refractivity contribution < 1.29 is 53.9 Å². The zero-order chi connectivity index (χ0) is 41.3. The first-order valence-corrected chi connectivity index (χ1v) is 18.7. The second-order valence-electron chi connectivity index (χ2n) is 14.0. The normalized spacial score (nSPS) is 15.8. The van der Waals surface area contributed by atoms with Crippen LogP contribution in [0.2, 0.25) is 5.02 Å². The minimum Gasteiger partial charge on any atom is -0.549 e. The van der Waals surface area contributed by atoms with Crippen molar-refractivity contribution in [3.05, 3.63) is 64.7 Å². The first-order valence-electron chi connectivity index (χ1n) is 18.4. The Hall–Kier alpha value is -4.17. The van der Waals surface area contributed by atoms with Gasteiger partial charge in [-0.05, 0) is 75.1 Å². The largest absolute Gasteiger partial charge is 3.00 e. The molecule has 0 radical (unpaired) electrons. The average Bonchev–Trinajstić information content (AvgIpc) is 3.12. The van der Waals surface area contributed by atoms with Crippen LogP contribution in [0.25, 0.3) is 0 Å². The number of ether oxygens (including phenoxy) is 1. The van der Waals surface area contributed by atoms with E-state index in [0.717, 1.165) is 5.56 Å². The van der Waals surface area contributed by atoms with Crippen LogP contribution in [-0.2, 0) is 30.4 Å². The van der Waals surface area contributed by atoms with Crippen molar-refractivity contribution in [1.29, 1.82) is 0 Å². The quantitative estimate of drug-likeness (QED) is 0.0938. The van der Waals surface area contributed by atoms with Crippen LogP contribution >= 0.6 is 11.6 Å². The Morgan fingerprint density at radius 1 is 0.737 bits per heavy atom. The Morgan fingerprint density at radius 3 is 1.67 bits per heavy atom. The molecule has 1 atom stereocenters. The van der Waals surface area contributed by atoms with Gasteiger partial charge in [-0.1, -0.05) is 23.7 Å². The number of halogens is 1. The van der Waals surface area contributed by atoms with Crippen molar-refractivity contribution in [3.8, 4) is 5.75 Å². The Kier molecular flexibility index (Phi) is 21.1. The molecular weight excluding hydrogens is 822 g/mol. The maximum atomic E-state index is 13.1. The SMILES string of the molecule is CC(C)(Oc1ccc(CCNC(=O)c2ccc(Cl)cc2)cc1)C(=O)NCCCC(C(=O)O)N1CCN(CC(=O)[O-])CCN(CC(=O)[O-])CCN(CC(=O)[O-])CC1.[Ga+3]. The monoisotopic (exact) mass is 870 g/mol. The average molecular weight is 872 g/mol. The Bertz CT molecular complexity index is 1600. The van der Waals surface area contributed by atoms with Crippen LogP contribution in [0.1, 0.15) is 42.6 Å². The Morgan fingerprint density at radius 2 is 1.21 bits per heavy atom. The minimum atomic E-state index is -1.35. The van der Waals surface area contributed by atoms with Crippen LogP contribution in [0.5, 0.6) is 5.75 Å². The summed E-state index contributed by atoms with van der Waals surface area (Å²) in [5, 5.41) is 50.7. The van der Waals surface area contributed by atoms with E-state index in [2.05, 4.69) is 10.6 Å². The molecule has 3 rings (SSSR count). The van der Waals surface area contributed by atoms with Crippen molar-refractivity contribution >= 4 is 67.1 Å². The molecule has 0 bridgehead atoms. The molecule has 1 unspecified atom stereocenters. The fourth-order valence-electron chi connectivity index (χ4n) is 6.15. The topological polar surface area (TPSA) is 238 Å². The number of carbonyl (C=O) groups excluding carboxylic acids is 5. The van der Waals surface area contributed by atoms with E-state index in [1.54, 1.807) is 55.1 Å². The number of aliphatic carboxylic acids is 4. The van der Waals surface area contributed by atoms with E-state index >= 15 is 0 Å². The number of hydrogen-bond acceptors (Lipinski definition) is 14. The summed E-state index contributed by atoms with van der Waals surface area (Å²) in [4.78, 5) is 78.5. The number of amides is 2. The predicted molar refractivity (Wildman–Crippen MR) is 204 cm³/mol. The molecule has 1 fully saturated rings. The number of nitrogens with one attached hydrogen (secondary N) is 2. The molecule has 308 valence electrons. The summed E-state index contributed by atoms with van der Waals surface area (Å²) < 4.78 is 5.98. The maximum Gasteiger partial charge on any atom is 3.00 e. The second kappa shape index (κ2) is 24.6. The van der Waals surface area contributed by atoms with Gasteiger partial charge in [0.05, 0.1) is 17.9 Å². The van der Waals surface area contributed by atoms with Crippen LogP contribution in [0, 0.1) is 0 Å². The first-order chi connectivity index (χ1) is 26.5. The molecule has 19 heteroatoms. The van der Waals surface area contributed by atoms with Crippen LogP contribution in [0.4, 0.5) is 0 Å². The van der Waals surface area contributed by atoms with E-state index < -0.39 is 61.1 Å². The zero-order valence-electron chi connectivity index (χ0n) is 32.3. The van der Waals surface area contributed by atoms with Gasteiger partial charge in [0.1, 0.15) is 11.8 Å². The van der Waals surface area contributed by atoms with E-state index in [0.29, 0.717) is 29.3 Å². The van der Waals surface area contributed by atoms with E-state index in [4.69, 9.17) is 16.3 Å². The Labute approximate surface area is 350 Å². The molecule has 0 spiro atoms. The van der Waals surface area contributed by atoms with Crippen molar-refractivity contribution in [1.82, 2.24) is 30.2 Å². The summed E-state index contributed by atoms with van der Waals surface area (Å²) in [6.45, 7) is 3.38. The van der Waals surface area contributed by atoms with E-state index in [9.17, 15) is 49.2 Å². The molecule has 2 amide bonds. The van der Waals surface area contributed by atoms with Crippen LogP contribution < -0.4 is 30.7 Å². The number of carbonyl (C=O) groups is 6. The molecular formula is C38H50ClGaN6O11. The fourth-order valence-corrected chi connectivity index (χ4v) is 6.27. The van der Waals surface area contributed by atoms with Gasteiger partial charge in [-0.3, -0.25) is 34.0 Å². The summed E-state index contributed by atoms with van der Waals surface area (Å²) in [7, 11) is 0. The number of benzene rings is 2. The molecule has 3 N–H and O–H groups in total. The third-order valence-electron chi connectivity index (χ3n) is 9.24. The van der Waals surface area contributed by atoms with Crippen LogP contribution in [-0.4, -0.2) is 177 Å². The van der Waals surface area contributed by atoms with Gasteiger partial charge in [0.2, 0.25) is 0 Å². The van der Waals surface area contributed by atoms with Gasteiger partial charge in [0.15, 0.2) is 5.60 Å². The third-order valence-corrected chi connectivity index (χ3v) is 9.50. The summed E-state index contributed by atoms with van der Waals surface area (Å²) >= 11 is 5.88. The van der Waals surface area contributed by atoms with Crippen molar-refractivity contribution in [2.45, 2.75) is 44.8 Å². The molecule has 0 aliphatic carbocycles. The number of carboxylic acids is 4. The fraction of sp³-hybridized carbons (Fsp3) is 0.526. The van der Waals surface area contributed by atoms with E-state index in [1.165, 1.54) is 14.7 Å². The van der Waals surface area contributed by atoms with Crippen molar-refractivity contribution in [2.75, 3.05) is 85.1 Å². The maximum absolute atomic E-state index is 13.1. The molecule has 1 aliphatic heterocycles. The van der Waals surface area contributed by atoms with Gasteiger partial charge in [-0.15, -0.1) is 0 Å². The number of nitrogens with zero attached hydrogens (tertiary/aromatic N) is 4. The molecule has 57 heavy (non-hydrogen) atoms. The molecule has 1 saturated heterocycles. The standard InChI is InChI=1S/C38H53ClN6O11.Ga/c1-38(2,56-30-11-5-27(6-12-30)13-15-40-35(52)28-7-9-29(39)10-8-28)37(55)41-14-3-4-31(36(53)54)45-22-20-43(25-33(48)49)18-16-42(24-32(46)47)17-19-44(21-23-45)26-34(50)51;/h5-12,31H,3-4,13-26H2,1-2H3,(H,40,52)(H,41,55)(H,46,47)(H,48,49)(H,50,51)(H,53,54);/q;+3/p-3. The van der Waals surface area contributed by atoms with E-state index in [-0.39, 0.29) is 97.4 Å². The smallest absolute Gasteiger partial charge is 0.549 e. The van der Waals surface area contributed by atoms with Crippen molar-refractivity contribution in [2.24, 2.45) is 0 Å². The molecule has 1 heterocycles. The van der Waals surface area contributed by atoms with E-state index in [1.807, 2.05) is 12.1 Å². The molecule has 17 nitrogen and oxygen atoms in total. The summed E-state index contributed by atoms with van der Waals surface area (Å²) in [6, 6.07) is 12.7. The van der Waals surface area contributed by atoms with Gasteiger partial charge in [0.25, 0.3) is 11.8 Å². The van der Waals surface area contributed by atoms with Gasteiger partial charge < -0.3 is 50.2 Å². The third kappa shape index (κ3) is 18.3. The number of carboxylic acid groups (broad SMARTS) is 4. The zero-order valence-corrected chi connectivity index (χ0v) is 35.5. The van der Waals surface area contributed by atoms with Crippen LogP contribution in [0.15, 0.2) is 48.5 Å². The van der Waals surface area contributed by atoms with Gasteiger partial charge in [-0.2, -0.15) is 0 Å². The van der Waals surface area contributed by atoms with Gasteiger partial charge in [-0.25, -0.2) is 0 Å². The Balaban J connectivity index is 0.0000112.